The van der Waals surface area contributed by atoms with Crippen molar-refractivity contribution < 1.29 is 19.1 Å². The molecule has 0 aliphatic rings. The van der Waals surface area contributed by atoms with E-state index in [1.165, 1.54) is 13.1 Å². The summed E-state index contributed by atoms with van der Waals surface area (Å²) >= 11 is 3.35. The molecule has 0 aromatic heterocycles. The van der Waals surface area contributed by atoms with Gasteiger partial charge in [-0.05, 0) is 72.6 Å². The van der Waals surface area contributed by atoms with Gasteiger partial charge in [0.15, 0.2) is 11.5 Å². The number of para-hydroxylation sites is 1. The van der Waals surface area contributed by atoms with Gasteiger partial charge in [-0.1, -0.05) is 12.1 Å². The first kappa shape index (κ1) is 22.4. The van der Waals surface area contributed by atoms with Gasteiger partial charge in [0.05, 0.1) is 25.1 Å². The van der Waals surface area contributed by atoms with Crippen molar-refractivity contribution >= 4 is 39.6 Å². The number of rotatable bonds is 9. The number of benzene rings is 2. The molecule has 29 heavy (non-hydrogen) atoms. The van der Waals surface area contributed by atoms with Crippen LogP contribution in [0.5, 0.6) is 11.5 Å². The zero-order valence-electron chi connectivity index (χ0n) is 16.6. The molecule has 2 rings (SSSR count). The van der Waals surface area contributed by atoms with Crippen LogP contribution in [0.25, 0.3) is 0 Å². The fraction of sp³-hybridized carbons (Fsp3) is 0.286. The number of hydrogen-bond acceptors (Lipinski definition) is 5. The molecule has 2 amide bonds. The molecule has 0 radical (unpaired) electrons. The number of ether oxygens (including phenoxy) is 2. The van der Waals surface area contributed by atoms with Gasteiger partial charge in [0.1, 0.15) is 5.92 Å². The van der Waals surface area contributed by atoms with E-state index in [-0.39, 0.29) is 0 Å². The lowest BCUT2D eigenvalue weighted by Crippen LogP contribution is -2.34. The lowest BCUT2D eigenvalue weighted by Gasteiger charge is -2.12. The Morgan fingerprint density at radius 3 is 2.45 bits per heavy atom. The fourth-order valence-corrected chi connectivity index (χ4v) is 2.72. The molecule has 2 aromatic carbocycles. The second-order valence-corrected chi connectivity index (χ2v) is 6.85. The molecule has 154 valence electrons. The number of hydrazone groups is 1. The summed E-state index contributed by atoms with van der Waals surface area (Å²) in [5.41, 5.74) is 3.71. The molecule has 0 spiro atoms. The van der Waals surface area contributed by atoms with Gasteiger partial charge in [0, 0.05) is 4.47 Å². The van der Waals surface area contributed by atoms with Crippen LogP contribution in [0.15, 0.2) is 52.0 Å². The zero-order valence-corrected chi connectivity index (χ0v) is 18.2. The summed E-state index contributed by atoms with van der Waals surface area (Å²) in [5, 5.41) is 6.65. The molecule has 2 aromatic rings. The van der Waals surface area contributed by atoms with Crippen molar-refractivity contribution in [3.8, 4) is 11.5 Å². The topological polar surface area (TPSA) is 89.0 Å². The average molecular weight is 462 g/mol. The highest BCUT2D eigenvalue weighted by molar-refractivity contribution is 9.10. The SMILES string of the molecule is CCOc1ccc(C=NNC(=O)C(C)C(=O)Nc2ccccc2Br)cc1OCC. The molecule has 0 saturated heterocycles. The summed E-state index contributed by atoms with van der Waals surface area (Å²) in [6, 6.07) is 12.5. The minimum absolute atomic E-state index is 0.427. The molecule has 0 bridgehead atoms. The Labute approximate surface area is 178 Å². The second kappa shape index (κ2) is 11.2. The van der Waals surface area contributed by atoms with Crippen molar-refractivity contribution in [1.29, 1.82) is 0 Å². The summed E-state index contributed by atoms with van der Waals surface area (Å²) in [7, 11) is 0. The van der Waals surface area contributed by atoms with Gasteiger partial charge in [-0.3, -0.25) is 9.59 Å². The average Bonchev–Trinajstić information content (AvgIpc) is 2.71. The van der Waals surface area contributed by atoms with E-state index in [1.807, 2.05) is 19.9 Å². The third-order valence-corrected chi connectivity index (χ3v) is 4.57. The third kappa shape index (κ3) is 6.60. The normalized spacial score (nSPS) is 11.7. The minimum Gasteiger partial charge on any atom is -0.490 e. The predicted octanol–water partition coefficient (Wildman–Crippen LogP) is 3.97. The molecule has 2 N–H and O–H groups in total. The molecule has 0 aliphatic carbocycles. The van der Waals surface area contributed by atoms with Crippen molar-refractivity contribution in [2.75, 3.05) is 18.5 Å². The van der Waals surface area contributed by atoms with E-state index in [1.54, 1.807) is 36.4 Å². The molecular weight excluding hydrogens is 438 g/mol. The maximum absolute atomic E-state index is 12.3. The zero-order chi connectivity index (χ0) is 21.2. The van der Waals surface area contributed by atoms with Gasteiger partial charge in [-0.2, -0.15) is 5.10 Å². The van der Waals surface area contributed by atoms with Gasteiger partial charge in [-0.15, -0.1) is 0 Å². The Bertz CT molecular complexity index is 886. The highest BCUT2D eigenvalue weighted by Crippen LogP contribution is 2.28. The molecule has 0 fully saturated rings. The molecule has 0 heterocycles. The number of carbonyl (C=O) groups excluding carboxylic acids is 2. The van der Waals surface area contributed by atoms with Crippen LogP contribution in [0.4, 0.5) is 5.69 Å². The molecular formula is C21H24BrN3O4. The standard InChI is InChI=1S/C21H24BrN3O4/c1-4-28-18-11-10-15(12-19(18)29-5-2)13-23-25-21(27)14(3)20(26)24-17-9-7-6-8-16(17)22/h6-14H,4-5H2,1-3H3,(H,24,26)(H,25,27). The van der Waals surface area contributed by atoms with Crippen molar-refractivity contribution in [3.63, 3.8) is 0 Å². The van der Waals surface area contributed by atoms with Crippen molar-refractivity contribution in [1.82, 2.24) is 5.43 Å². The molecule has 1 unspecified atom stereocenters. The molecule has 0 saturated carbocycles. The Hall–Kier alpha value is -2.87. The highest BCUT2D eigenvalue weighted by atomic mass is 79.9. The van der Waals surface area contributed by atoms with Crippen molar-refractivity contribution in [3.05, 3.63) is 52.5 Å². The Morgan fingerprint density at radius 2 is 1.76 bits per heavy atom. The molecule has 0 aliphatic heterocycles. The first-order valence-electron chi connectivity index (χ1n) is 9.24. The summed E-state index contributed by atoms with van der Waals surface area (Å²) in [4.78, 5) is 24.5. The number of halogens is 1. The lowest BCUT2D eigenvalue weighted by molar-refractivity contribution is -0.131. The van der Waals surface area contributed by atoms with Crippen LogP contribution in [0.2, 0.25) is 0 Å². The van der Waals surface area contributed by atoms with Crippen molar-refractivity contribution in [2.45, 2.75) is 20.8 Å². The Morgan fingerprint density at radius 1 is 1.07 bits per heavy atom. The van der Waals surface area contributed by atoms with Gasteiger partial charge >= 0.3 is 0 Å². The van der Waals surface area contributed by atoms with Gasteiger partial charge in [0.2, 0.25) is 5.91 Å². The smallest absolute Gasteiger partial charge is 0.252 e. The largest absolute Gasteiger partial charge is 0.490 e. The first-order chi connectivity index (χ1) is 14.0. The van der Waals surface area contributed by atoms with E-state index < -0.39 is 17.7 Å². The number of nitrogens with one attached hydrogen (secondary N) is 2. The van der Waals surface area contributed by atoms with Crippen LogP contribution in [0, 0.1) is 5.92 Å². The molecule has 7 nitrogen and oxygen atoms in total. The maximum Gasteiger partial charge on any atom is 0.252 e. The predicted molar refractivity (Wildman–Crippen MR) is 116 cm³/mol. The number of amides is 2. The number of nitrogens with zero attached hydrogens (tertiary/aromatic N) is 1. The number of anilines is 1. The third-order valence-electron chi connectivity index (χ3n) is 3.87. The number of hydrogen-bond donors (Lipinski definition) is 2. The molecule has 1 atom stereocenters. The summed E-state index contributed by atoms with van der Waals surface area (Å²) in [6.45, 7) is 6.33. The van der Waals surface area contributed by atoms with Crippen LogP contribution < -0.4 is 20.2 Å². The Balaban J connectivity index is 1.96. The van der Waals surface area contributed by atoms with Crippen LogP contribution in [-0.4, -0.2) is 31.2 Å². The maximum atomic E-state index is 12.3. The Kier molecular flexibility index (Phi) is 8.67. The van der Waals surface area contributed by atoms with E-state index in [0.717, 1.165) is 10.0 Å². The lowest BCUT2D eigenvalue weighted by atomic mass is 10.1. The van der Waals surface area contributed by atoms with E-state index in [2.05, 4.69) is 31.8 Å². The van der Waals surface area contributed by atoms with Crippen molar-refractivity contribution in [2.24, 2.45) is 11.0 Å². The van der Waals surface area contributed by atoms with Crippen LogP contribution >= 0.6 is 15.9 Å². The summed E-state index contributed by atoms with van der Waals surface area (Å²) in [6.07, 6.45) is 1.48. The van der Waals surface area contributed by atoms with Crippen LogP contribution in [-0.2, 0) is 9.59 Å². The monoisotopic (exact) mass is 461 g/mol. The van der Waals surface area contributed by atoms with Gasteiger partial charge in [0.25, 0.3) is 5.91 Å². The summed E-state index contributed by atoms with van der Waals surface area (Å²) < 4.78 is 11.8. The quantitative estimate of drug-likeness (QED) is 0.335. The highest BCUT2D eigenvalue weighted by Gasteiger charge is 2.21. The minimum atomic E-state index is -0.918. The molecule has 8 heteroatoms. The van der Waals surface area contributed by atoms with Gasteiger partial charge in [-0.25, -0.2) is 5.43 Å². The van der Waals surface area contributed by atoms with Crippen LogP contribution in [0.1, 0.15) is 26.3 Å². The van der Waals surface area contributed by atoms with Crippen LogP contribution in [0.3, 0.4) is 0 Å². The second-order valence-electron chi connectivity index (χ2n) is 6.00. The summed E-state index contributed by atoms with van der Waals surface area (Å²) in [5.74, 6) is -0.608. The fourth-order valence-electron chi connectivity index (χ4n) is 2.34. The van der Waals surface area contributed by atoms with E-state index in [9.17, 15) is 9.59 Å². The van der Waals surface area contributed by atoms with E-state index in [0.29, 0.717) is 30.4 Å². The van der Waals surface area contributed by atoms with Gasteiger partial charge < -0.3 is 14.8 Å². The van der Waals surface area contributed by atoms with E-state index in [4.69, 9.17) is 9.47 Å². The first-order valence-corrected chi connectivity index (χ1v) is 10.0. The van der Waals surface area contributed by atoms with E-state index >= 15 is 0 Å². The number of carbonyl (C=O) groups is 2.